The average molecular weight is 338 g/mol. The van der Waals surface area contributed by atoms with Gasteiger partial charge in [0.1, 0.15) is 0 Å². The topological polar surface area (TPSA) is 44.4 Å². The molecule has 5 heteroatoms. The number of halogens is 1. The van der Waals surface area contributed by atoms with Crippen LogP contribution in [0.1, 0.15) is 38.2 Å². The molecule has 1 amide bonds. The molecule has 2 N–H and O–H groups in total. The van der Waals surface area contributed by atoms with Gasteiger partial charge in [-0.15, -0.1) is 12.4 Å². The highest BCUT2D eigenvalue weighted by Gasteiger charge is 2.32. The minimum absolute atomic E-state index is 0. The van der Waals surface area contributed by atoms with Crippen molar-refractivity contribution in [1.82, 2.24) is 10.2 Å². The van der Waals surface area contributed by atoms with E-state index in [1.807, 2.05) is 18.2 Å². The van der Waals surface area contributed by atoms with Gasteiger partial charge in [0.05, 0.1) is 6.54 Å². The van der Waals surface area contributed by atoms with E-state index < -0.39 is 0 Å². The number of anilines is 1. The molecule has 2 heterocycles. The van der Waals surface area contributed by atoms with Crippen molar-refractivity contribution in [3.05, 3.63) is 29.8 Å². The number of nitrogens with one attached hydrogen (secondary N) is 2. The first-order chi connectivity index (χ1) is 10.6. The first-order valence-electron chi connectivity index (χ1n) is 8.48. The lowest BCUT2D eigenvalue weighted by Gasteiger charge is -2.34. The lowest BCUT2D eigenvalue weighted by Crippen LogP contribution is -2.46. The number of amides is 1. The minimum Gasteiger partial charge on any atom is -0.325 e. The molecule has 0 saturated carbocycles. The summed E-state index contributed by atoms with van der Waals surface area (Å²) >= 11 is 0. The third-order valence-electron chi connectivity index (χ3n) is 4.96. The van der Waals surface area contributed by atoms with Crippen molar-refractivity contribution in [2.75, 3.05) is 31.5 Å². The van der Waals surface area contributed by atoms with Gasteiger partial charge in [-0.25, -0.2) is 0 Å². The zero-order valence-electron chi connectivity index (χ0n) is 14.0. The Balaban J connectivity index is 0.00000192. The second-order valence-electron chi connectivity index (χ2n) is 6.92. The molecule has 2 saturated heterocycles. The summed E-state index contributed by atoms with van der Waals surface area (Å²) < 4.78 is 0. The first kappa shape index (κ1) is 18.2. The number of piperidine rings is 1. The van der Waals surface area contributed by atoms with E-state index in [1.165, 1.54) is 18.4 Å². The zero-order chi connectivity index (χ0) is 15.5. The zero-order valence-corrected chi connectivity index (χ0v) is 14.9. The number of para-hydroxylation sites is 1. The number of likely N-dealkylation sites (tertiary alicyclic amines) is 1. The highest BCUT2D eigenvalue weighted by Crippen LogP contribution is 2.25. The summed E-state index contributed by atoms with van der Waals surface area (Å²) in [4.78, 5) is 14.7. The Morgan fingerprint density at radius 3 is 2.91 bits per heavy atom. The van der Waals surface area contributed by atoms with E-state index in [0.717, 1.165) is 31.2 Å². The van der Waals surface area contributed by atoms with E-state index in [9.17, 15) is 4.79 Å². The maximum atomic E-state index is 12.4. The van der Waals surface area contributed by atoms with Crippen LogP contribution >= 0.6 is 12.4 Å². The maximum absolute atomic E-state index is 12.4. The Morgan fingerprint density at radius 1 is 1.35 bits per heavy atom. The van der Waals surface area contributed by atoms with Gasteiger partial charge in [-0.1, -0.05) is 32.0 Å². The number of hydrogen-bond donors (Lipinski definition) is 2. The van der Waals surface area contributed by atoms with Crippen molar-refractivity contribution in [3.63, 3.8) is 0 Å². The van der Waals surface area contributed by atoms with E-state index in [4.69, 9.17) is 0 Å². The number of hydrogen-bond acceptors (Lipinski definition) is 3. The summed E-state index contributed by atoms with van der Waals surface area (Å²) in [6.07, 6.45) is 2.42. The van der Waals surface area contributed by atoms with E-state index in [0.29, 0.717) is 18.5 Å². The molecular formula is C18H28ClN3O. The van der Waals surface area contributed by atoms with Gasteiger partial charge in [-0.05, 0) is 42.9 Å². The third kappa shape index (κ3) is 4.46. The van der Waals surface area contributed by atoms with Crippen LogP contribution in [-0.2, 0) is 4.79 Å². The van der Waals surface area contributed by atoms with Crippen LogP contribution in [0.15, 0.2) is 24.3 Å². The molecule has 1 aromatic carbocycles. The van der Waals surface area contributed by atoms with Crippen LogP contribution in [0, 0.1) is 5.92 Å². The largest absolute Gasteiger partial charge is 0.325 e. The van der Waals surface area contributed by atoms with E-state index in [1.54, 1.807) is 0 Å². The molecule has 0 aromatic heterocycles. The highest BCUT2D eigenvalue weighted by molar-refractivity contribution is 5.93. The second-order valence-corrected chi connectivity index (χ2v) is 6.92. The van der Waals surface area contributed by atoms with Gasteiger partial charge in [0, 0.05) is 24.8 Å². The summed E-state index contributed by atoms with van der Waals surface area (Å²) in [5, 5.41) is 6.67. The summed E-state index contributed by atoms with van der Waals surface area (Å²) in [7, 11) is 0. The fraction of sp³-hybridized carbons (Fsp3) is 0.611. The Labute approximate surface area is 145 Å². The van der Waals surface area contributed by atoms with Crippen molar-refractivity contribution in [1.29, 1.82) is 0 Å². The molecule has 2 fully saturated rings. The molecule has 2 aliphatic rings. The molecule has 2 unspecified atom stereocenters. The predicted octanol–water partition coefficient (Wildman–Crippen LogP) is 2.85. The molecule has 3 rings (SSSR count). The molecule has 128 valence electrons. The molecule has 0 bridgehead atoms. The normalized spacial score (nSPS) is 24.1. The van der Waals surface area contributed by atoms with Crippen LogP contribution in [0.4, 0.5) is 5.69 Å². The van der Waals surface area contributed by atoms with Crippen molar-refractivity contribution in [2.45, 2.75) is 38.6 Å². The molecular weight excluding hydrogens is 310 g/mol. The monoisotopic (exact) mass is 337 g/mol. The predicted molar refractivity (Wildman–Crippen MR) is 97.4 cm³/mol. The van der Waals surface area contributed by atoms with Gasteiger partial charge < -0.3 is 10.6 Å². The standard InChI is InChI=1S/C18H27N3O.ClH/c1-13(2)15-5-3-4-6-17(15)20-18(22)12-21-10-8-16-14(11-21)7-9-19-16;/h3-6,13-14,16,19H,7-12H2,1-2H3,(H,20,22);1H. The fourth-order valence-corrected chi connectivity index (χ4v) is 3.77. The SMILES string of the molecule is CC(C)c1ccccc1NC(=O)CN1CCC2NCCC2C1.Cl. The Kier molecular flexibility index (Phi) is 6.45. The van der Waals surface area contributed by atoms with Crippen LogP contribution in [0.3, 0.4) is 0 Å². The van der Waals surface area contributed by atoms with E-state index in [-0.39, 0.29) is 18.3 Å². The number of benzene rings is 1. The lowest BCUT2D eigenvalue weighted by molar-refractivity contribution is -0.117. The summed E-state index contributed by atoms with van der Waals surface area (Å²) in [5.74, 6) is 1.25. The van der Waals surface area contributed by atoms with Gasteiger partial charge in [0.15, 0.2) is 0 Å². The molecule has 0 spiro atoms. The summed E-state index contributed by atoms with van der Waals surface area (Å²) in [5.41, 5.74) is 2.16. The molecule has 2 atom stereocenters. The molecule has 23 heavy (non-hydrogen) atoms. The van der Waals surface area contributed by atoms with Crippen molar-refractivity contribution >= 4 is 24.0 Å². The smallest absolute Gasteiger partial charge is 0.238 e. The number of carbonyl (C=O) groups is 1. The van der Waals surface area contributed by atoms with Gasteiger partial charge in [0.2, 0.25) is 5.91 Å². The van der Waals surface area contributed by atoms with Crippen molar-refractivity contribution in [3.8, 4) is 0 Å². The number of carbonyl (C=O) groups excluding carboxylic acids is 1. The van der Waals surface area contributed by atoms with Crippen molar-refractivity contribution in [2.24, 2.45) is 5.92 Å². The average Bonchev–Trinajstić information content (AvgIpc) is 2.95. The maximum Gasteiger partial charge on any atom is 0.238 e. The lowest BCUT2D eigenvalue weighted by atomic mass is 9.93. The Hall–Kier alpha value is -1.10. The number of fused-ring (bicyclic) bond motifs is 1. The first-order valence-corrected chi connectivity index (χ1v) is 8.48. The number of nitrogens with zero attached hydrogens (tertiary/aromatic N) is 1. The minimum atomic E-state index is 0. The quantitative estimate of drug-likeness (QED) is 0.888. The summed E-state index contributed by atoms with van der Waals surface area (Å²) in [6, 6.07) is 8.79. The van der Waals surface area contributed by atoms with Gasteiger partial charge in [0.25, 0.3) is 0 Å². The number of rotatable bonds is 4. The van der Waals surface area contributed by atoms with Crippen LogP contribution in [0.2, 0.25) is 0 Å². The molecule has 0 aliphatic carbocycles. The molecule has 0 radical (unpaired) electrons. The van der Waals surface area contributed by atoms with Gasteiger partial charge in [-0.3, -0.25) is 9.69 Å². The summed E-state index contributed by atoms with van der Waals surface area (Å²) in [6.45, 7) is 8.03. The van der Waals surface area contributed by atoms with Crippen LogP contribution in [-0.4, -0.2) is 43.0 Å². The van der Waals surface area contributed by atoms with Crippen LogP contribution in [0.5, 0.6) is 0 Å². The van der Waals surface area contributed by atoms with E-state index >= 15 is 0 Å². The van der Waals surface area contributed by atoms with Gasteiger partial charge >= 0.3 is 0 Å². The second kappa shape index (κ2) is 8.13. The molecule has 1 aromatic rings. The van der Waals surface area contributed by atoms with Crippen LogP contribution < -0.4 is 10.6 Å². The molecule has 4 nitrogen and oxygen atoms in total. The van der Waals surface area contributed by atoms with Crippen LogP contribution in [0.25, 0.3) is 0 Å². The fourth-order valence-electron chi connectivity index (χ4n) is 3.77. The highest BCUT2D eigenvalue weighted by atomic mass is 35.5. The Morgan fingerprint density at radius 2 is 2.13 bits per heavy atom. The Bertz CT molecular complexity index is 535. The van der Waals surface area contributed by atoms with E-state index in [2.05, 4.69) is 35.4 Å². The van der Waals surface area contributed by atoms with Crippen molar-refractivity contribution < 1.29 is 4.79 Å². The van der Waals surface area contributed by atoms with Gasteiger partial charge in [-0.2, -0.15) is 0 Å². The molecule has 2 aliphatic heterocycles. The third-order valence-corrected chi connectivity index (χ3v) is 4.96.